The normalized spacial score (nSPS) is 15.3. The second kappa shape index (κ2) is 6.79. The fourth-order valence-electron chi connectivity index (χ4n) is 3.77. The minimum Gasteiger partial charge on any atom is -0.432 e. The second-order valence-electron chi connectivity index (χ2n) is 7.70. The molecule has 1 saturated heterocycles. The topological polar surface area (TPSA) is 75.4 Å². The van der Waals surface area contributed by atoms with Crippen LogP contribution in [-0.4, -0.2) is 51.9 Å². The quantitative estimate of drug-likeness (QED) is 0.708. The van der Waals surface area contributed by atoms with Crippen LogP contribution in [0.4, 0.5) is 5.82 Å². The zero-order chi connectivity index (χ0) is 19.1. The Morgan fingerprint density at radius 2 is 1.93 bits per heavy atom. The van der Waals surface area contributed by atoms with Gasteiger partial charge in [-0.15, -0.1) is 0 Å². The second-order valence-corrected chi connectivity index (χ2v) is 7.70. The van der Waals surface area contributed by atoms with E-state index in [1.165, 1.54) is 0 Å². The maximum absolute atomic E-state index is 12.3. The van der Waals surface area contributed by atoms with Crippen molar-refractivity contribution in [3.63, 3.8) is 0 Å². The molecule has 4 rings (SSSR count). The third-order valence-electron chi connectivity index (χ3n) is 5.05. The van der Waals surface area contributed by atoms with E-state index in [0.29, 0.717) is 36.7 Å². The van der Waals surface area contributed by atoms with Crippen molar-refractivity contribution in [2.45, 2.75) is 34.1 Å². The molecular formula is C20H25N5O2. The number of fused-ring (bicyclic) bond motifs is 3. The lowest BCUT2D eigenvalue weighted by Gasteiger charge is -2.35. The maximum Gasteiger partial charge on any atom is 0.229 e. The maximum atomic E-state index is 12.3. The summed E-state index contributed by atoms with van der Waals surface area (Å²) in [4.78, 5) is 29.9. The summed E-state index contributed by atoms with van der Waals surface area (Å²) < 4.78 is 6.07. The van der Waals surface area contributed by atoms with Gasteiger partial charge in [-0.25, -0.2) is 15.0 Å². The van der Waals surface area contributed by atoms with E-state index in [4.69, 9.17) is 4.42 Å². The molecule has 0 aromatic carbocycles. The SMILES string of the molecule is Cc1cc(C)c2c(n1)oc1c(N3CCN(C(=O)CC(C)C)CC3)ncnc12. The smallest absolute Gasteiger partial charge is 0.229 e. The van der Waals surface area contributed by atoms with E-state index in [9.17, 15) is 4.79 Å². The lowest BCUT2D eigenvalue weighted by atomic mass is 10.1. The molecule has 1 aliphatic heterocycles. The van der Waals surface area contributed by atoms with Gasteiger partial charge in [0.25, 0.3) is 0 Å². The fourth-order valence-corrected chi connectivity index (χ4v) is 3.77. The van der Waals surface area contributed by atoms with Gasteiger partial charge in [0.2, 0.25) is 11.6 Å². The zero-order valence-corrected chi connectivity index (χ0v) is 16.3. The standard InChI is InChI=1S/C20H25N5O2/c1-12(2)9-15(26)24-5-7-25(8-6-24)19-18-17(21-11-22-19)16-13(3)10-14(4)23-20(16)27-18/h10-12H,5-9H2,1-4H3. The van der Waals surface area contributed by atoms with Crippen LogP contribution in [0.15, 0.2) is 16.8 Å². The Morgan fingerprint density at radius 3 is 2.63 bits per heavy atom. The minimum absolute atomic E-state index is 0.233. The number of aromatic nitrogens is 3. The number of hydrogen-bond donors (Lipinski definition) is 0. The van der Waals surface area contributed by atoms with Crippen molar-refractivity contribution in [3.8, 4) is 0 Å². The van der Waals surface area contributed by atoms with E-state index in [1.54, 1.807) is 6.33 Å². The predicted molar refractivity (Wildman–Crippen MR) is 105 cm³/mol. The van der Waals surface area contributed by atoms with Gasteiger partial charge in [-0.1, -0.05) is 13.8 Å². The Morgan fingerprint density at radius 1 is 1.19 bits per heavy atom. The van der Waals surface area contributed by atoms with Gasteiger partial charge >= 0.3 is 0 Å². The first-order valence-electron chi connectivity index (χ1n) is 9.48. The molecule has 142 valence electrons. The first-order valence-corrected chi connectivity index (χ1v) is 9.48. The van der Waals surface area contributed by atoms with E-state index >= 15 is 0 Å². The van der Waals surface area contributed by atoms with Crippen LogP contribution in [-0.2, 0) is 4.79 Å². The van der Waals surface area contributed by atoms with Crippen molar-refractivity contribution in [3.05, 3.63) is 23.7 Å². The van der Waals surface area contributed by atoms with Gasteiger partial charge in [-0.05, 0) is 31.4 Å². The summed E-state index contributed by atoms with van der Waals surface area (Å²) in [7, 11) is 0. The van der Waals surface area contributed by atoms with Crippen molar-refractivity contribution >= 4 is 33.9 Å². The molecule has 1 aliphatic rings. The van der Waals surface area contributed by atoms with Gasteiger partial charge < -0.3 is 14.2 Å². The van der Waals surface area contributed by atoms with Crippen LogP contribution < -0.4 is 4.90 Å². The number of carbonyl (C=O) groups excluding carboxylic acids is 1. The Balaban J connectivity index is 1.64. The zero-order valence-electron chi connectivity index (χ0n) is 16.3. The highest BCUT2D eigenvalue weighted by molar-refractivity contribution is 6.06. The molecule has 3 aromatic rings. The molecule has 0 aliphatic carbocycles. The van der Waals surface area contributed by atoms with Gasteiger partial charge in [-0.2, -0.15) is 0 Å². The Bertz CT molecular complexity index is 1000. The molecule has 7 heteroatoms. The summed E-state index contributed by atoms with van der Waals surface area (Å²) in [5.41, 5.74) is 4.11. The Hall–Kier alpha value is -2.70. The van der Waals surface area contributed by atoms with Gasteiger partial charge in [0.05, 0.1) is 5.39 Å². The van der Waals surface area contributed by atoms with Gasteiger partial charge in [0, 0.05) is 38.3 Å². The third kappa shape index (κ3) is 3.22. The molecule has 0 radical (unpaired) electrons. The van der Waals surface area contributed by atoms with Crippen LogP contribution in [0.2, 0.25) is 0 Å². The number of hydrogen-bond acceptors (Lipinski definition) is 6. The Labute approximate surface area is 158 Å². The van der Waals surface area contributed by atoms with E-state index in [2.05, 4.69) is 33.7 Å². The van der Waals surface area contributed by atoms with Crippen LogP contribution in [0.25, 0.3) is 22.2 Å². The summed E-state index contributed by atoms with van der Waals surface area (Å²) in [6.45, 7) is 11.0. The van der Waals surface area contributed by atoms with Crippen molar-refractivity contribution in [1.82, 2.24) is 19.9 Å². The fraction of sp³-hybridized carbons (Fsp3) is 0.500. The molecule has 27 heavy (non-hydrogen) atoms. The Kier molecular flexibility index (Phi) is 4.45. The van der Waals surface area contributed by atoms with Crippen molar-refractivity contribution in [1.29, 1.82) is 0 Å². The third-order valence-corrected chi connectivity index (χ3v) is 5.05. The van der Waals surface area contributed by atoms with Gasteiger partial charge in [0.15, 0.2) is 11.4 Å². The molecule has 0 unspecified atom stereocenters. The number of anilines is 1. The lowest BCUT2D eigenvalue weighted by molar-refractivity contribution is -0.132. The minimum atomic E-state index is 0.233. The van der Waals surface area contributed by atoms with Crippen LogP contribution >= 0.6 is 0 Å². The first-order chi connectivity index (χ1) is 12.9. The molecule has 0 saturated carbocycles. The number of aryl methyl sites for hydroxylation is 2. The van der Waals surface area contributed by atoms with Crippen LogP contribution in [0, 0.1) is 19.8 Å². The molecule has 0 atom stereocenters. The highest BCUT2D eigenvalue weighted by Crippen LogP contribution is 2.33. The first kappa shape index (κ1) is 17.7. The number of pyridine rings is 1. The number of amides is 1. The van der Waals surface area contributed by atoms with E-state index < -0.39 is 0 Å². The van der Waals surface area contributed by atoms with E-state index in [-0.39, 0.29) is 5.91 Å². The summed E-state index contributed by atoms with van der Waals surface area (Å²) >= 11 is 0. The lowest BCUT2D eigenvalue weighted by Crippen LogP contribution is -2.49. The molecule has 0 N–H and O–H groups in total. The van der Waals surface area contributed by atoms with Crippen molar-refractivity contribution in [2.24, 2.45) is 5.92 Å². The molecule has 1 amide bonds. The molecule has 7 nitrogen and oxygen atoms in total. The average Bonchev–Trinajstić information content (AvgIpc) is 2.99. The molecule has 0 bridgehead atoms. The number of rotatable bonds is 3. The number of piperazine rings is 1. The number of furan rings is 1. The summed E-state index contributed by atoms with van der Waals surface area (Å²) in [5, 5.41) is 0.949. The summed E-state index contributed by atoms with van der Waals surface area (Å²) in [6.07, 6.45) is 2.19. The van der Waals surface area contributed by atoms with Gasteiger partial charge in [0.1, 0.15) is 11.8 Å². The molecule has 1 fully saturated rings. The average molecular weight is 367 g/mol. The van der Waals surface area contributed by atoms with Crippen LogP contribution in [0.1, 0.15) is 31.5 Å². The molecular weight excluding hydrogens is 342 g/mol. The van der Waals surface area contributed by atoms with Crippen LogP contribution in [0.5, 0.6) is 0 Å². The predicted octanol–water partition coefficient (Wildman–Crippen LogP) is 3.08. The van der Waals surface area contributed by atoms with E-state index in [0.717, 1.165) is 41.1 Å². The monoisotopic (exact) mass is 367 g/mol. The number of nitrogens with zero attached hydrogens (tertiary/aromatic N) is 5. The summed E-state index contributed by atoms with van der Waals surface area (Å²) in [5.74, 6) is 1.40. The number of carbonyl (C=O) groups is 1. The van der Waals surface area contributed by atoms with Crippen molar-refractivity contribution < 1.29 is 9.21 Å². The molecule has 4 heterocycles. The molecule has 0 spiro atoms. The van der Waals surface area contributed by atoms with Crippen molar-refractivity contribution in [2.75, 3.05) is 31.1 Å². The highest BCUT2D eigenvalue weighted by atomic mass is 16.3. The highest BCUT2D eigenvalue weighted by Gasteiger charge is 2.25. The summed E-state index contributed by atoms with van der Waals surface area (Å²) in [6, 6.07) is 2.04. The van der Waals surface area contributed by atoms with E-state index in [1.807, 2.05) is 24.8 Å². The largest absolute Gasteiger partial charge is 0.432 e. The van der Waals surface area contributed by atoms with Gasteiger partial charge in [-0.3, -0.25) is 4.79 Å². The van der Waals surface area contributed by atoms with Crippen LogP contribution in [0.3, 0.4) is 0 Å². The molecule has 3 aromatic heterocycles.